The van der Waals surface area contributed by atoms with Crippen LogP contribution in [0.4, 0.5) is 0 Å². The number of ketones is 4. The molecule has 2 spiro atoms. The summed E-state index contributed by atoms with van der Waals surface area (Å²) in [6.07, 6.45) is -1.15. The van der Waals surface area contributed by atoms with E-state index < -0.39 is 46.2 Å². The van der Waals surface area contributed by atoms with E-state index in [2.05, 4.69) is 22.6 Å². The van der Waals surface area contributed by atoms with Crippen LogP contribution in [0, 0.1) is 8.99 Å². The van der Waals surface area contributed by atoms with E-state index in [1.54, 1.807) is 84.9 Å². The Morgan fingerprint density at radius 1 is 0.526 bits per heavy atom. The van der Waals surface area contributed by atoms with Crippen LogP contribution >= 0.6 is 22.6 Å². The van der Waals surface area contributed by atoms with Gasteiger partial charge in [-0.15, -0.1) is 0 Å². The van der Waals surface area contributed by atoms with E-state index in [9.17, 15) is 19.2 Å². The fourth-order valence-electron chi connectivity index (χ4n) is 6.61. The normalized spacial score (nSPS) is 22.3. The second-order valence-corrected chi connectivity index (χ2v) is 11.2. The first-order valence-corrected chi connectivity index (χ1v) is 13.4. The van der Waals surface area contributed by atoms with E-state index in [1.165, 1.54) is 0 Å². The van der Waals surface area contributed by atoms with Gasteiger partial charge in [-0.2, -0.15) is 0 Å². The standard InChI is InChI=1S/C32H19IO5/c33-20-16-14-19(15-17-20)30-31(26(34)21-10-4-5-11-22(21)27(31)35)25(18-8-2-1-3-9-18)32(38-30)28(36)23-12-6-7-13-24(23)29(32)37/h1-17,25,30H. The summed E-state index contributed by atoms with van der Waals surface area (Å²) < 4.78 is 7.64. The van der Waals surface area contributed by atoms with Crippen LogP contribution in [0.1, 0.15) is 64.6 Å². The predicted octanol–water partition coefficient (Wildman–Crippen LogP) is 6.03. The highest BCUT2D eigenvalue weighted by Crippen LogP contribution is 2.67. The number of ether oxygens (including phenoxy) is 1. The van der Waals surface area contributed by atoms with Gasteiger partial charge in [0.15, 0.2) is 11.6 Å². The Kier molecular flexibility index (Phi) is 5.00. The SMILES string of the molecule is O=C1c2ccccc2C(=O)C12OC(c1ccc(I)cc1)C1(C(=O)c3ccccc3C1=O)C2c1ccccc1. The molecular formula is C32H19IO5. The summed E-state index contributed by atoms with van der Waals surface area (Å²) in [5.74, 6) is -3.06. The number of benzene rings is 4. The van der Waals surface area contributed by atoms with Gasteiger partial charge in [0.2, 0.25) is 17.2 Å². The maximum absolute atomic E-state index is 14.6. The Hall–Kier alpha value is -3.75. The summed E-state index contributed by atoms with van der Waals surface area (Å²) in [6, 6.07) is 29.5. The van der Waals surface area contributed by atoms with Gasteiger partial charge in [0.05, 0.1) is 5.92 Å². The van der Waals surface area contributed by atoms with Crippen LogP contribution in [0.15, 0.2) is 103 Å². The molecule has 4 aromatic rings. The first-order chi connectivity index (χ1) is 18.4. The molecule has 2 atom stereocenters. The molecule has 38 heavy (non-hydrogen) atoms. The van der Waals surface area contributed by atoms with Crippen LogP contribution in [0.5, 0.6) is 0 Å². The molecule has 0 aromatic heterocycles. The van der Waals surface area contributed by atoms with Gasteiger partial charge >= 0.3 is 0 Å². The van der Waals surface area contributed by atoms with Crippen molar-refractivity contribution in [2.75, 3.05) is 0 Å². The third-order valence-corrected chi connectivity index (χ3v) is 8.86. The second-order valence-electron chi connectivity index (χ2n) is 9.91. The average molecular weight is 610 g/mol. The third kappa shape index (κ3) is 2.74. The predicted molar refractivity (Wildman–Crippen MR) is 148 cm³/mol. The van der Waals surface area contributed by atoms with Gasteiger partial charge in [0.1, 0.15) is 11.5 Å². The van der Waals surface area contributed by atoms with Crippen molar-refractivity contribution in [3.05, 3.63) is 140 Å². The lowest BCUT2D eigenvalue weighted by atomic mass is 9.60. The summed E-state index contributed by atoms with van der Waals surface area (Å²) in [7, 11) is 0. The van der Waals surface area contributed by atoms with Gasteiger partial charge < -0.3 is 4.74 Å². The topological polar surface area (TPSA) is 77.5 Å². The molecule has 0 saturated carbocycles. The summed E-state index contributed by atoms with van der Waals surface area (Å²) in [4.78, 5) is 57.7. The summed E-state index contributed by atoms with van der Waals surface area (Å²) in [6.45, 7) is 0. The van der Waals surface area contributed by atoms with Crippen LogP contribution in [-0.2, 0) is 4.74 Å². The lowest BCUT2D eigenvalue weighted by Crippen LogP contribution is -2.51. The fourth-order valence-corrected chi connectivity index (χ4v) is 6.97. The van der Waals surface area contributed by atoms with Crippen molar-refractivity contribution in [3.8, 4) is 0 Å². The largest absolute Gasteiger partial charge is 0.348 e. The van der Waals surface area contributed by atoms with E-state index in [-0.39, 0.29) is 22.3 Å². The molecule has 1 saturated heterocycles. The molecule has 0 bridgehead atoms. The van der Waals surface area contributed by atoms with Gasteiger partial charge in [-0.25, -0.2) is 0 Å². The van der Waals surface area contributed by atoms with E-state index in [4.69, 9.17) is 4.74 Å². The van der Waals surface area contributed by atoms with Gasteiger partial charge in [-0.3, -0.25) is 19.2 Å². The first kappa shape index (κ1) is 23.4. The quantitative estimate of drug-likeness (QED) is 0.205. The maximum Gasteiger partial charge on any atom is 0.204 e. The average Bonchev–Trinajstić information content (AvgIpc) is 3.48. The Morgan fingerprint density at radius 3 is 1.47 bits per heavy atom. The zero-order valence-electron chi connectivity index (χ0n) is 19.9. The Morgan fingerprint density at radius 2 is 0.974 bits per heavy atom. The van der Waals surface area contributed by atoms with Gasteiger partial charge in [-0.1, -0.05) is 91.0 Å². The molecule has 0 N–H and O–H groups in total. The first-order valence-electron chi connectivity index (χ1n) is 12.3. The second kappa shape index (κ2) is 8.12. The van der Waals surface area contributed by atoms with Crippen molar-refractivity contribution in [3.63, 3.8) is 0 Å². The molecule has 2 aliphatic carbocycles. The molecule has 5 nitrogen and oxygen atoms in total. The number of carbonyl (C=O) groups excluding carboxylic acids is 4. The van der Waals surface area contributed by atoms with Crippen molar-refractivity contribution in [1.82, 2.24) is 0 Å². The monoisotopic (exact) mass is 610 g/mol. The lowest BCUT2D eigenvalue weighted by Gasteiger charge is -2.34. The van der Waals surface area contributed by atoms with Crippen LogP contribution in [0.25, 0.3) is 0 Å². The van der Waals surface area contributed by atoms with Gasteiger partial charge in [-0.05, 0) is 45.9 Å². The Labute approximate surface area is 232 Å². The zero-order chi connectivity index (χ0) is 26.2. The number of Topliss-reactive ketones (excluding diaryl/α,β-unsaturated/α-hetero) is 4. The molecule has 4 aromatic carbocycles. The molecule has 6 heteroatoms. The number of hydrogen-bond donors (Lipinski definition) is 0. The van der Waals surface area contributed by atoms with Crippen molar-refractivity contribution >= 4 is 45.7 Å². The number of rotatable bonds is 2. The van der Waals surface area contributed by atoms with Crippen LogP contribution in [0.2, 0.25) is 0 Å². The number of hydrogen-bond acceptors (Lipinski definition) is 5. The Bertz CT molecular complexity index is 1620. The Balaban J connectivity index is 1.59. The minimum atomic E-state index is -2.06. The number of halogens is 1. The highest BCUT2D eigenvalue weighted by molar-refractivity contribution is 14.1. The number of carbonyl (C=O) groups is 4. The highest BCUT2D eigenvalue weighted by Gasteiger charge is 2.79. The highest BCUT2D eigenvalue weighted by atomic mass is 127. The molecule has 0 amide bonds. The van der Waals surface area contributed by atoms with E-state index in [1.807, 2.05) is 18.2 Å². The van der Waals surface area contributed by atoms with E-state index in [0.717, 1.165) is 3.57 Å². The zero-order valence-corrected chi connectivity index (χ0v) is 22.0. The molecule has 1 aliphatic heterocycles. The molecule has 1 heterocycles. The van der Waals surface area contributed by atoms with E-state index in [0.29, 0.717) is 11.1 Å². The van der Waals surface area contributed by atoms with Gasteiger partial charge in [0.25, 0.3) is 0 Å². The van der Waals surface area contributed by atoms with Crippen molar-refractivity contribution in [2.24, 2.45) is 5.41 Å². The molecule has 2 unspecified atom stereocenters. The summed E-state index contributed by atoms with van der Waals surface area (Å²) >= 11 is 2.18. The molecule has 0 radical (unpaired) electrons. The lowest BCUT2D eigenvalue weighted by molar-refractivity contribution is -0.0210. The van der Waals surface area contributed by atoms with Crippen molar-refractivity contribution in [2.45, 2.75) is 17.6 Å². The van der Waals surface area contributed by atoms with Crippen LogP contribution in [0.3, 0.4) is 0 Å². The summed E-state index contributed by atoms with van der Waals surface area (Å²) in [5.41, 5.74) is -1.76. The molecule has 3 aliphatic rings. The smallest absolute Gasteiger partial charge is 0.204 e. The van der Waals surface area contributed by atoms with Gasteiger partial charge in [0, 0.05) is 25.8 Å². The van der Waals surface area contributed by atoms with Crippen molar-refractivity contribution in [1.29, 1.82) is 0 Å². The molecule has 1 fully saturated rings. The molecule has 184 valence electrons. The minimum absolute atomic E-state index is 0.243. The third-order valence-electron chi connectivity index (χ3n) is 8.14. The minimum Gasteiger partial charge on any atom is -0.348 e. The maximum atomic E-state index is 14.6. The number of fused-ring (bicyclic) bond motifs is 2. The molecule has 7 rings (SSSR count). The van der Waals surface area contributed by atoms with Crippen LogP contribution < -0.4 is 0 Å². The van der Waals surface area contributed by atoms with Crippen molar-refractivity contribution < 1.29 is 23.9 Å². The van der Waals surface area contributed by atoms with Crippen LogP contribution in [-0.4, -0.2) is 28.7 Å². The fraction of sp³-hybridized carbons (Fsp3) is 0.125. The summed E-state index contributed by atoms with van der Waals surface area (Å²) in [5, 5.41) is 0. The molecular weight excluding hydrogens is 591 g/mol. The van der Waals surface area contributed by atoms with E-state index >= 15 is 0 Å².